The fraction of sp³-hybridized carbons (Fsp3) is 0.625. The summed E-state index contributed by atoms with van der Waals surface area (Å²) in [5.74, 6) is -1.33. The largest absolute Gasteiger partial charge is 0.391 e. The van der Waals surface area contributed by atoms with E-state index in [0.717, 1.165) is 5.56 Å². The Labute approximate surface area is 156 Å². The van der Waals surface area contributed by atoms with Crippen LogP contribution in [-0.4, -0.2) is 47.4 Å². The fourth-order valence-electron chi connectivity index (χ4n) is 3.47. The molecule has 2 heterocycles. The average Bonchev–Trinajstić information content (AvgIpc) is 3.00. The molecule has 2 unspecified atom stereocenters. The molecule has 0 aromatic heterocycles. The Morgan fingerprint density at radius 1 is 1.30 bits per heavy atom. The molecule has 7 nitrogen and oxygen atoms in total. The van der Waals surface area contributed by atoms with E-state index < -0.39 is 28.3 Å². The summed E-state index contributed by atoms with van der Waals surface area (Å²) in [6, 6.07) is 5.09. The first-order valence-corrected chi connectivity index (χ1v) is 10.3. The molecule has 3 rings (SSSR count). The summed E-state index contributed by atoms with van der Waals surface area (Å²) < 4.78 is 66.2. The van der Waals surface area contributed by atoms with Gasteiger partial charge >= 0.3 is 6.18 Å². The first-order valence-electron chi connectivity index (χ1n) is 8.81. The number of nitrogens with one attached hydrogen (secondary N) is 4. The third-order valence-electron chi connectivity index (χ3n) is 4.89. The van der Waals surface area contributed by atoms with Crippen molar-refractivity contribution in [3.05, 3.63) is 23.8 Å². The minimum atomic E-state index is -4.20. The van der Waals surface area contributed by atoms with Gasteiger partial charge in [-0.25, -0.2) is 18.6 Å². The minimum absolute atomic E-state index is 0.0566. The number of hydrogen-bond donors (Lipinski definition) is 4. The Hall–Kier alpha value is -1.40. The minimum Gasteiger partial charge on any atom is -0.309 e. The summed E-state index contributed by atoms with van der Waals surface area (Å²) in [6.45, 7) is 1.15. The smallest absolute Gasteiger partial charge is 0.309 e. The van der Waals surface area contributed by atoms with Gasteiger partial charge in [-0.1, -0.05) is 12.1 Å². The van der Waals surface area contributed by atoms with Crippen LogP contribution in [0.5, 0.6) is 0 Å². The van der Waals surface area contributed by atoms with Gasteiger partial charge in [-0.05, 0) is 31.0 Å². The summed E-state index contributed by atoms with van der Waals surface area (Å²) in [5, 5.41) is 7.61. The van der Waals surface area contributed by atoms with E-state index in [1.807, 2.05) is 6.07 Å². The maximum absolute atomic E-state index is 12.8. The SMILES string of the molecule is CN1NCc2cccc(S(=O)(=O)NCCNC3CC(C(F)(F)F)CCN3)c21. The van der Waals surface area contributed by atoms with Crippen LogP contribution >= 0.6 is 0 Å². The lowest BCUT2D eigenvalue weighted by atomic mass is 9.95. The number of piperidine rings is 1. The third kappa shape index (κ3) is 4.72. The summed E-state index contributed by atoms with van der Waals surface area (Å²) in [6.07, 6.45) is -4.67. The number of benzene rings is 1. The molecule has 152 valence electrons. The zero-order chi connectivity index (χ0) is 19.7. The van der Waals surface area contributed by atoms with E-state index in [1.54, 1.807) is 18.1 Å². The molecule has 1 fully saturated rings. The average molecular weight is 407 g/mol. The lowest BCUT2D eigenvalue weighted by molar-refractivity contribution is -0.183. The number of hydrogen-bond acceptors (Lipinski definition) is 6. The van der Waals surface area contributed by atoms with E-state index >= 15 is 0 Å². The summed E-state index contributed by atoms with van der Waals surface area (Å²) in [5.41, 5.74) is 4.56. The number of anilines is 1. The second kappa shape index (κ2) is 7.92. The highest BCUT2D eigenvalue weighted by atomic mass is 32.2. The molecule has 11 heteroatoms. The van der Waals surface area contributed by atoms with Gasteiger partial charge in [-0.15, -0.1) is 0 Å². The van der Waals surface area contributed by atoms with Gasteiger partial charge in [0.1, 0.15) is 4.90 Å². The number of rotatable bonds is 6. The topological polar surface area (TPSA) is 85.5 Å². The first-order chi connectivity index (χ1) is 12.7. The zero-order valence-corrected chi connectivity index (χ0v) is 15.8. The van der Waals surface area contributed by atoms with E-state index in [9.17, 15) is 21.6 Å². The molecular weight excluding hydrogens is 383 g/mol. The van der Waals surface area contributed by atoms with Crippen molar-refractivity contribution in [1.82, 2.24) is 20.8 Å². The Bertz CT molecular complexity index is 772. The number of nitrogens with zero attached hydrogens (tertiary/aromatic N) is 1. The van der Waals surface area contributed by atoms with E-state index in [4.69, 9.17) is 0 Å². The van der Waals surface area contributed by atoms with Crippen LogP contribution in [0, 0.1) is 5.92 Å². The van der Waals surface area contributed by atoms with Gasteiger partial charge in [-0.3, -0.25) is 0 Å². The van der Waals surface area contributed by atoms with Crippen LogP contribution < -0.4 is 25.8 Å². The van der Waals surface area contributed by atoms with Gasteiger partial charge in [0.15, 0.2) is 0 Å². The number of para-hydroxylation sites is 1. The quantitative estimate of drug-likeness (QED) is 0.525. The molecule has 0 spiro atoms. The number of sulfonamides is 1. The highest BCUT2D eigenvalue weighted by molar-refractivity contribution is 7.89. The molecule has 0 aliphatic carbocycles. The highest BCUT2D eigenvalue weighted by Gasteiger charge is 2.42. The highest BCUT2D eigenvalue weighted by Crippen LogP contribution is 2.33. The monoisotopic (exact) mass is 407 g/mol. The normalized spacial score (nSPS) is 23.5. The number of halogens is 3. The van der Waals surface area contributed by atoms with Gasteiger partial charge in [0.25, 0.3) is 0 Å². The Morgan fingerprint density at radius 2 is 2.07 bits per heavy atom. The van der Waals surface area contributed by atoms with Crippen LogP contribution in [0.15, 0.2) is 23.1 Å². The summed E-state index contributed by atoms with van der Waals surface area (Å²) in [7, 11) is -1.98. The maximum atomic E-state index is 12.8. The predicted molar refractivity (Wildman–Crippen MR) is 95.4 cm³/mol. The van der Waals surface area contributed by atoms with E-state index in [1.165, 1.54) is 6.07 Å². The van der Waals surface area contributed by atoms with Crippen molar-refractivity contribution in [3.63, 3.8) is 0 Å². The molecule has 1 aromatic carbocycles. The van der Waals surface area contributed by atoms with Crippen LogP contribution in [0.4, 0.5) is 18.9 Å². The lowest BCUT2D eigenvalue weighted by Gasteiger charge is -2.32. The molecule has 0 radical (unpaired) electrons. The van der Waals surface area contributed by atoms with Gasteiger partial charge in [0.2, 0.25) is 10.0 Å². The molecule has 0 amide bonds. The van der Waals surface area contributed by atoms with E-state index in [-0.39, 0.29) is 37.4 Å². The van der Waals surface area contributed by atoms with Gasteiger partial charge in [0.05, 0.1) is 17.8 Å². The molecular formula is C16H24F3N5O2S. The van der Waals surface area contributed by atoms with Gasteiger partial charge in [0, 0.05) is 26.7 Å². The second-order valence-corrected chi connectivity index (χ2v) is 8.51. The van der Waals surface area contributed by atoms with Crippen molar-refractivity contribution >= 4 is 15.7 Å². The predicted octanol–water partition coefficient (Wildman–Crippen LogP) is 0.897. The van der Waals surface area contributed by atoms with Crippen molar-refractivity contribution in [3.8, 4) is 0 Å². The van der Waals surface area contributed by atoms with Crippen LogP contribution in [0.1, 0.15) is 18.4 Å². The van der Waals surface area contributed by atoms with E-state index in [2.05, 4.69) is 20.8 Å². The van der Waals surface area contributed by atoms with Gasteiger partial charge < -0.3 is 15.6 Å². The molecule has 0 saturated carbocycles. The maximum Gasteiger partial charge on any atom is 0.391 e. The Kier molecular flexibility index (Phi) is 5.96. The summed E-state index contributed by atoms with van der Waals surface area (Å²) in [4.78, 5) is 0.181. The molecule has 27 heavy (non-hydrogen) atoms. The van der Waals surface area contributed by atoms with Crippen molar-refractivity contribution in [2.75, 3.05) is 31.7 Å². The van der Waals surface area contributed by atoms with Crippen LogP contribution in [-0.2, 0) is 16.6 Å². The molecule has 2 atom stereocenters. The fourth-order valence-corrected chi connectivity index (χ4v) is 4.78. The van der Waals surface area contributed by atoms with Crippen LogP contribution in [0.25, 0.3) is 0 Å². The van der Waals surface area contributed by atoms with Crippen molar-refractivity contribution in [2.24, 2.45) is 5.92 Å². The first kappa shape index (κ1) is 20.3. The molecule has 2 aliphatic rings. The van der Waals surface area contributed by atoms with Crippen molar-refractivity contribution in [2.45, 2.75) is 36.6 Å². The molecule has 1 aromatic rings. The number of hydrazine groups is 1. The molecule has 2 aliphatic heterocycles. The number of fused-ring (bicyclic) bond motifs is 1. The Balaban J connectivity index is 1.53. The second-order valence-electron chi connectivity index (χ2n) is 6.78. The number of alkyl halides is 3. The lowest BCUT2D eigenvalue weighted by Crippen LogP contribution is -2.51. The standard InChI is InChI=1S/C16H24F3N5O2S/c1-24-15-11(10-22-24)3-2-4-13(15)27(25,26)23-8-7-21-14-9-12(5-6-20-14)16(17,18)19/h2-4,12,14,20-23H,5-10H2,1H3. The van der Waals surface area contributed by atoms with Gasteiger partial charge in [-0.2, -0.15) is 13.2 Å². The molecule has 0 bridgehead atoms. The van der Waals surface area contributed by atoms with E-state index in [0.29, 0.717) is 12.2 Å². The van der Waals surface area contributed by atoms with Crippen molar-refractivity contribution in [1.29, 1.82) is 0 Å². The summed E-state index contributed by atoms with van der Waals surface area (Å²) >= 11 is 0. The Morgan fingerprint density at radius 3 is 2.81 bits per heavy atom. The zero-order valence-electron chi connectivity index (χ0n) is 14.9. The third-order valence-corrected chi connectivity index (χ3v) is 6.38. The molecule has 1 saturated heterocycles. The molecule has 4 N–H and O–H groups in total. The van der Waals surface area contributed by atoms with Crippen LogP contribution in [0.3, 0.4) is 0 Å². The van der Waals surface area contributed by atoms with Crippen molar-refractivity contribution < 1.29 is 21.6 Å². The van der Waals surface area contributed by atoms with Crippen LogP contribution in [0.2, 0.25) is 0 Å².